The van der Waals surface area contributed by atoms with Gasteiger partial charge in [-0.1, -0.05) is 30.1 Å². The molecule has 0 unspecified atom stereocenters. The number of esters is 1. The Balaban J connectivity index is 2.11. The van der Waals surface area contributed by atoms with E-state index in [0.717, 1.165) is 16.9 Å². The summed E-state index contributed by atoms with van der Waals surface area (Å²) in [6.45, 7) is 5.59. The summed E-state index contributed by atoms with van der Waals surface area (Å²) in [7, 11) is 0. The molecule has 1 heterocycles. The van der Waals surface area contributed by atoms with Crippen molar-refractivity contribution in [3.05, 3.63) is 44.2 Å². The van der Waals surface area contributed by atoms with Crippen LogP contribution in [0.4, 0.5) is 5.00 Å². The number of thiophene rings is 1. The summed E-state index contributed by atoms with van der Waals surface area (Å²) >= 11 is 13.2. The molecule has 1 aromatic heterocycles. The minimum Gasteiger partial charge on any atom is -0.482 e. The van der Waals surface area contributed by atoms with Crippen molar-refractivity contribution in [2.75, 3.05) is 18.5 Å². The number of rotatable bonds is 7. The van der Waals surface area contributed by atoms with Crippen LogP contribution >= 0.6 is 34.5 Å². The predicted molar refractivity (Wildman–Crippen MR) is 105 cm³/mol. The van der Waals surface area contributed by atoms with Crippen molar-refractivity contribution in [3.63, 3.8) is 0 Å². The largest absolute Gasteiger partial charge is 0.482 e. The number of hydrogen-bond donors (Lipinski definition) is 1. The number of ether oxygens (including phenoxy) is 2. The molecule has 8 heteroatoms. The molecule has 0 spiro atoms. The first-order valence-corrected chi connectivity index (χ1v) is 9.61. The van der Waals surface area contributed by atoms with Crippen LogP contribution in [0, 0.1) is 6.92 Å². The summed E-state index contributed by atoms with van der Waals surface area (Å²) in [5.41, 5.74) is 1.22. The van der Waals surface area contributed by atoms with Crippen LogP contribution in [-0.4, -0.2) is 25.1 Å². The number of halogens is 2. The van der Waals surface area contributed by atoms with Gasteiger partial charge in [-0.15, -0.1) is 11.3 Å². The van der Waals surface area contributed by atoms with Crippen molar-refractivity contribution in [2.24, 2.45) is 0 Å². The summed E-state index contributed by atoms with van der Waals surface area (Å²) in [5.74, 6) is -0.489. The van der Waals surface area contributed by atoms with Gasteiger partial charge in [0.05, 0.1) is 17.2 Å². The van der Waals surface area contributed by atoms with Gasteiger partial charge in [-0.25, -0.2) is 4.79 Å². The monoisotopic (exact) mass is 415 g/mol. The Morgan fingerprint density at radius 3 is 2.58 bits per heavy atom. The molecule has 5 nitrogen and oxygen atoms in total. The third kappa shape index (κ3) is 4.90. The Bertz CT molecular complexity index is 820. The SMILES string of the molecule is CCOC(=O)c1c(NC(=O)COc2ccc(Cl)cc2Cl)sc(CC)c1C. The third-order valence-corrected chi connectivity index (χ3v) is 5.43. The molecule has 0 saturated carbocycles. The molecule has 1 amide bonds. The molecular formula is C18H19Cl2NO4S. The van der Waals surface area contributed by atoms with Gasteiger partial charge in [0.2, 0.25) is 0 Å². The van der Waals surface area contributed by atoms with E-state index >= 15 is 0 Å². The quantitative estimate of drug-likeness (QED) is 0.637. The molecule has 26 heavy (non-hydrogen) atoms. The van der Waals surface area contributed by atoms with Gasteiger partial charge in [0, 0.05) is 9.90 Å². The molecule has 0 aliphatic heterocycles. The molecule has 1 N–H and O–H groups in total. The molecule has 0 aliphatic rings. The van der Waals surface area contributed by atoms with Crippen LogP contribution in [0.1, 0.15) is 34.6 Å². The molecule has 0 saturated heterocycles. The van der Waals surface area contributed by atoms with Crippen molar-refractivity contribution < 1.29 is 19.1 Å². The first-order valence-electron chi connectivity index (χ1n) is 8.04. The maximum Gasteiger partial charge on any atom is 0.341 e. The highest BCUT2D eigenvalue weighted by Crippen LogP contribution is 2.34. The lowest BCUT2D eigenvalue weighted by Gasteiger charge is -2.09. The van der Waals surface area contributed by atoms with Gasteiger partial charge < -0.3 is 14.8 Å². The van der Waals surface area contributed by atoms with Crippen LogP contribution in [0.2, 0.25) is 10.0 Å². The second kappa shape index (κ2) is 9.26. The molecule has 0 aliphatic carbocycles. The van der Waals surface area contributed by atoms with Gasteiger partial charge in [-0.05, 0) is 44.0 Å². The van der Waals surface area contributed by atoms with E-state index in [4.69, 9.17) is 32.7 Å². The first kappa shape index (κ1) is 20.6. The zero-order chi connectivity index (χ0) is 19.3. The number of carbonyl (C=O) groups excluding carboxylic acids is 2. The summed E-state index contributed by atoms with van der Waals surface area (Å²) in [6.07, 6.45) is 0.760. The molecule has 0 atom stereocenters. The second-order valence-corrected chi connectivity index (χ2v) is 7.29. The van der Waals surface area contributed by atoms with Crippen LogP contribution in [0.25, 0.3) is 0 Å². The number of aryl methyl sites for hydroxylation is 1. The highest BCUT2D eigenvalue weighted by Gasteiger charge is 2.23. The molecule has 2 aromatic rings. The zero-order valence-corrected chi connectivity index (χ0v) is 17.0. The average molecular weight is 416 g/mol. The van der Waals surface area contributed by atoms with Crippen molar-refractivity contribution >= 4 is 51.4 Å². The Kier molecular flexibility index (Phi) is 7.32. The molecule has 0 fully saturated rings. The maximum absolute atomic E-state index is 12.3. The van der Waals surface area contributed by atoms with Gasteiger partial charge in [0.1, 0.15) is 10.8 Å². The maximum atomic E-state index is 12.3. The fourth-order valence-corrected chi connectivity index (χ4v) is 3.95. The lowest BCUT2D eigenvalue weighted by Crippen LogP contribution is -2.21. The fraction of sp³-hybridized carbons (Fsp3) is 0.333. The highest BCUT2D eigenvalue weighted by molar-refractivity contribution is 7.17. The average Bonchev–Trinajstić information content (AvgIpc) is 2.89. The molecular weight excluding hydrogens is 397 g/mol. The smallest absolute Gasteiger partial charge is 0.341 e. The normalized spacial score (nSPS) is 10.5. The Morgan fingerprint density at radius 2 is 1.96 bits per heavy atom. The van der Waals surface area contributed by atoms with E-state index in [1.807, 2.05) is 13.8 Å². The van der Waals surface area contributed by atoms with Crippen molar-refractivity contribution in [1.82, 2.24) is 0 Å². The Labute approximate surface area is 166 Å². The number of hydrogen-bond acceptors (Lipinski definition) is 5. The van der Waals surface area contributed by atoms with Crippen LogP contribution in [0.3, 0.4) is 0 Å². The predicted octanol–water partition coefficient (Wildman–Crippen LogP) is 5.12. The van der Waals surface area contributed by atoms with Crippen LogP contribution in [0.15, 0.2) is 18.2 Å². The van der Waals surface area contributed by atoms with Crippen LogP contribution < -0.4 is 10.1 Å². The second-order valence-electron chi connectivity index (χ2n) is 5.34. The van der Waals surface area contributed by atoms with Gasteiger partial charge in [-0.2, -0.15) is 0 Å². The summed E-state index contributed by atoms with van der Waals surface area (Å²) in [4.78, 5) is 25.5. The summed E-state index contributed by atoms with van der Waals surface area (Å²) in [5, 5.41) is 3.99. The van der Waals surface area contributed by atoms with E-state index in [9.17, 15) is 9.59 Å². The molecule has 2 rings (SSSR count). The number of nitrogens with one attached hydrogen (secondary N) is 1. The minimum absolute atomic E-state index is 0.248. The molecule has 1 aromatic carbocycles. The van der Waals surface area contributed by atoms with E-state index in [1.54, 1.807) is 19.1 Å². The molecule has 0 radical (unpaired) electrons. The molecule has 0 bridgehead atoms. The lowest BCUT2D eigenvalue weighted by atomic mass is 10.1. The lowest BCUT2D eigenvalue weighted by molar-refractivity contribution is -0.118. The topological polar surface area (TPSA) is 64.6 Å². The van der Waals surface area contributed by atoms with Crippen molar-refractivity contribution in [1.29, 1.82) is 0 Å². The van der Waals surface area contributed by atoms with Crippen LogP contribution in [-0.2, 0) is 16.0 Å². The minimum atomic E-state index is -0.446. The van der Waals surface area contributed by atoms with Crippen molar-refractivity contribution in [3.8, 4) is 5.75 Å². The number of carbonyl (C=O) groups is 2. The van der Waals surface area contributed by atoms with E-state index < -0.39 is 11.9 Å². The van der Waals surface area contributed by atoms with Crippen LogP contribution in [0.5, 0.6) is 5.75 Å². The number of anilines is 1. The Morgan fingerprint density at radius 1 is 1.23 bits per heavy atom. The van der Waals surface area contributed by atoms with Gasteiger partial charge >= 0.3 is 5.97 Å². The summed E-state index contributed by atoms with van der Waals surface area (Å²) < 4.78 is 10.5. The van der Waals surface area contributed by atoms with Gasteiger partial charge in [0.15, 0.2) is 6.61 Å². The number of amides is 1. The van der Waals surface area contributed by atoms with E-state index in [-0.39, 0.29) is 13.2 Å². The van der Waals surface area contributed by atoms with E-state index in [2.05, 4.69) is 5.32 Å². The third-order valence-electron chi connectivity index (χ3n) is 3.55. The number of benzene rings is 1. The van der Waals surface area contributed by atoms with E-state index in [1.165, 1.54) is 17.4 Å². The highest BCUT2D eigenvalue weighted by atomic mass is 35.5. The Hall–Kier alpha value is -1.76. The summed E-state index contributed by atoms with van der Waals surface area (Å²) in [6, 6.07) is 4.74. The molecule has 140 valence electrons. The zero-order valence-electron chi connectivity index (χ0n) is 14.7. The fourth-order valence-electron chi connectivity index (χ4n) is 2.33. The van der Waals surface area contributed by atoms with Gasteiger partial charge in [0.25, 0.3) is 5.91 Å². The van der Waals surface area contributed by atoms with Crippen molar-refractivity contribution in [2.45, 2.75) is 27.2 Å². The van der Waals surface area contributed by atoms with E-state index in [0.29, 0.717) is 26.4 Å². The first-order chi connectivity index (χ1) is 12.4. The standard InChI is InChI=1S/C18H19Cl2NO4S/c1-4-14-10(3)16(18(23)24-5-2)17(26-14)21-15(22)9-25-13-7-6-11(19)8-12(13)20/h6-8H,4-5,9H2,1-3H3,(H,21,22). The van der Waals surface area contributed by atoms with Gasteiger partial charge in [-0.3, -0.25) is 4.79 Å².